The molecule has 0 aliphatic rings. The Bertz CT molecular complexity index is 505. The van der Waals surface area contributed by atoms with Crippen molar-refractivity contribution >= 4 is 21.9 Å². The van der Waals surface area contributed by atoms with Crippen molar-refractivity contribution < 1.29 is 9.90 Å². The van der Waals surface area contributed by atoms with Gasteiger partial charge in [0.25, 0.3) is 0 Å². The van der Waals surface area contributed by atoms with Gasteiger partial charge in [-0.15, -0.1) is 0 Å². The second-order valence-electron chi connectivity index (χ2n) is 3.36. The van der Waals surface area contributed by atoms with Crippen molar-refractivity contribution in [3.8, 4) is 0 Å². The van der Waals surface area contributed by atoms with E-state index in [1.165, 1.54) is 12.5 Å². The standard InChI is InChI=1S/C11H9BrN2O2/c12-9-3-1-8(2-4-9)5-14-6-10(11(15)16)13-7-14/h1-4,6-7H,5H2,(H,15,16). The lowest BCUT2D eigenvalue weighted by Gasteiger charge is -2.01. The van der Waals surface area contributed by atoms with Gasteiger partial charge < -0.3 is 9.67 Å². The second kappa shape index (κ2) is 4.49. The van der Waals surface area contributed by atoms with Crippen LogP contribution in [0, 0.1) is 0 Å². The Kier molecular flexibility index (Phi) is 3.05. The third-order valence-corrected chi connectivity index (χ3v) is 2.66. The topological polar surface area (TPSA) is 55.1 Å². The largest absolute Gasteiger partial charge is 0.476 e. The van der Waals surface area contributed by atoms with Gasteiger partial charge in [0, 0.05) is 17.2 Å². The summed E-state index contributed by atoms with van der Waals surface area (Å²) in [6, 6.07) is 7.85. The van der Waals surface area contributed by atoms with Gasteiger partial charge in [-0.3, -0.25) is 0 Å². The van der Waals surface area contributed by atoms with Crippen LogP contribution in [0.4, 0.5) is 0 Å². The lowest BCUT2D eigenvalue weighted by Crippen LogP contribution is -1.98. The zero-order chi connectivity index (χ0) is 11.5. The molecular formula is C11H9BrN2O2. The summed E-state index contributed by atoms with van der Waals surface area (Å²) in [5.41, 5.74) is 1.16. The van der Waals surface area contributed by atoms with Crippen molar-refractivity contribution in [2.45, 2.75) is 6.54 Å². The number of aromatic nitrogens is 2. The van der Waals surface area contributed by atoms with Crippen LogP contribution in [0.3, 0.4) is 0 Å². The van der Waals surface area contributed by atoms with Gasteiger partial charge >= 0.3 is 5.97 Å². The molecule has 82 valence electrons. The van der Waals surface area contributed by atoms with E-state index >= 15 is 0 Å². The fourth-order valence-corrected chi connectivity index (χ4v) is 1.62. The molecule has 5 heteroatoms. The Labute approximate surface area is 101 Å². The Hall–Kier alpha value is -1.62. The van der Waals surface area contributed by atoms with Crippen molar-refractivity contribution in [3.05, 3.63) is 52.5 Å². The van der Waals surface area contributed by atoms with Gasteiger partial charge in [0.1, 0.15) is 0 Å². The van der Waals surface area contributed by atoms with Crippen molar-refractivity contribution in [2.24, 2.45) is 0 Å². The molecule has 1 aromatic carbocycles. The van der Waals surface area contributed by atoms with Crippen LogP contribution in [-0.2, 0) is 6.54 Å². The van der Waals surface area contributed by atoms with Crippen molar-refractivity contribution in [1.29, 1.82) is 0 Å². The van der Waals surface area contributed by atoms with E-state index in [0.29, 0.717) is 6.54 Å². The Morgan fingerprint density at radius 2 is 2.06 bits per heavy atom. The number of rotatable bonds is 3. The molecule has 0 unspecified atom stereocenters. The van der Waals surface area contributed by atoms with Gasteiger partial charge in [0.05, 0.1) is 6.33 Å². The molecule has 0 aliphatic carbocycles. The van der Waals surface area contributed by atoms with Crippen molar-refractivity contribution in [2.75, 3.05) is 0 Å². The normalized spacial score (nSPS) is 10.3. The van der Waals surface area contributed by atoms with Gasteiger partial charge in [0.2, 0.25) is 0 Å². The monoisotopic (exact) mass is 280 g/mol. The van der Waals surface area contributed by atoms with Gasteiger partial charge in [-0.25, -0.2) is 9.78 Å². The third-order valence-electron chi connectivity index (χ3n) is 2.13. The second-order valence-corrected chi connectivity index (χ2v) is 4.28. The molecule has 1 heterocycles. The number of benzene rings is 1. The number of carboxylic acid groups (broad SMARTS) is 1. The van der Waals surface area contributed by atoms with E-state index in [9.17, 15) is 4.79 Å². The number of nitrogens with zero attached hydrogens (tertiary/aromatic N) is 2. The maximum absolute atomic E-state index is 10.6. The average Bonchev–Trinajstić information content (AvgIpc) is 2.70. The minimum Gasteiger partial charge on any atom is -0.476 e. The van der Waals surface area contributed by atoms with Gasteiger partial charge in [-0.05, 0) is 17.7 Å². The molecular weight excluding hydrogens is 272 g/mol. The molecule has 2 rings (SSSR count). The summed E-state index contributed by atoms with van der Waals surface area (Å²) in [7, 11) is 0. The minimum atomic E-state index is -1.01. The van der Waals surface area contributed by atoms with Gasteiger partial charge in [-0.1, -0.05) is 28.1 Å². The van der Waals surface area contributed by atoms with Gasteiger partial charge in [-0.2, -0.15) is 0 Å². The number of imidazole rings is 1. The smallest absolute Gasteiger partial charge is 0.356 e. The van der Waals surface area contributed by atoms with E-state index in [1.54, 1.807) is 4.57 Å². The average molecular weight is 281 g/mol. The molecule has 4 nitrogen and oxygen atoms in total. The first-order valence-corrected chi connectivity index (χ1v) is 5.44. The fourth-order valence-electron chi connectivity index (χ4n) is 1.36. The number of hydrogen-bond acceptors (Lipinski definition) is 2. The van der Waals surface area contributed by atoms with E-state index < -0.39 is 5.97 Å². The first-order valence-electron chi connectivity index (χ1n) is 4.64. The van der Waals surface area contributed by atoms with Crippen molar-refractivity contribution in [3.63, 3.8) is 0 Å². The number of aromatic carboxylic acids is 1. The van der Waals surface area contributed by atoms with E-state index in [-0.39, 0.29) is 5.69 Å². The highest BCUT2D eigenvalue weighted by atomic mass is 79.9. The highest BCUT2D eigenvalue weighted by Gasteiger charge is 2.06. The molecule has 16 heavy (non-hydrogen) atoms. The zero-order valence-electron chi connectivity index (χ0n) is 8.30. The first kappa shape index (κ1) is 10.9. The Morgan fingerprint density at radius 3 is 2.62 bits per heavy atom. The number of hydrogen-bond donors (Lipinski definition) is 1. The van der Waals surface area contributed by atoms with Crippen LogP contribution >= 0.6 is 15.9 Å². The lowest BCUT2D eigenvalue weighted by molar-refractivity contribution is 0.0691. The minimum absolute atomic E-state index is 0.0668. The van der Waals surface area contributed by atoms with E-state index in [1.807, 2.05) is 24.3 Å². The molecule has 0 amide bonds. The molecule has 2 aromatic rings. The van der Waals surface area contributed by atoms with Crippen molar-refractivity contribution in [1.82, 2.24) is 9.55 Å². The molecule has 0 saturated heterocycles. The quantitative estimate of drug-likeness (QED) is 0.939. The van der Waals surface area contributed by atoms with Crippen LogP contribution in [0.25, 0.3) is 0 Å². The maximum Gasteiger partial charge on any atom is 0.356 e. The lowest BCUT2D eigenvalue weighted by atomic mass is 10.2. The van der Waals surface area contributed by atoms with Crippen LogP contribution in [0.15, 0.2) is 41.3 Å². The maximum atomic E-state index is 10.6. The van der Waals surface area contributed by atoms with E-state index in [2.05, 4.69) is 20.9 Å². The summed E-state index contributed by atoms with van der Waals surface area (Å²) < 4.78 is 2.76. The summed E-state index contributed by atoms with van der Waals surface area (Å²) in [6.07, 6.45) is 3.04. The molecule has 0 saturated carbocycles. The zero-order valence-corrected chi connectivity index (χ0v) is 9.89. The van der Waals surface area contributed by atoms with Crippen LogP contribution in [0.5, 0.6) is 0 Å². The molecule has 0 radical (unpaired) electrons. The summed E-state index contributed by atoms with van der Waals surface area (Å²) >= 11 is 3.36. The Morgan fingerprint density at radius 1 is 1.38 bits per heavy atom. The van der Waals surface area contributed by atoms with Crippen LogP contribution < -0.4 is 0 Å². The molecule has 0 bridgehead atoms. The molecule has 1 N–H and O–H groups in total. The SMILES string of the molecule is O=C(O)c1cn(Cc2ccc(Br)cc2)cn1. The molecule has 0 atom stereocenters. The third kappa shape index (κ3) is 2.49. The summed E-state index contributed by atoms with van der Waals surface area (Å²) in [5.74, 6) is -1.01. The van der Waals surface area contributed by atoms with E-state index in [4.69, 9.17) is 5.11 Å². The Balaban J connectivity index is 2.14. The molecule has 0 aliphatic heterocycles. The summed E-state index contributed by atoms with van der Waals surface area (Å²) in [6.45, 7) is 0.619. The van der Waals surface area contributed by atoms with Crippen LogP contribution in [0.2, 0.25) is 0 Å². The highest BCUT2D eigenvalue weighted by molar-refractivity contribution is 9.10. The first-order chi connectivity index (χ1) is 7.65. The number of carboxylic acids is 1. The summed E-state index contributed by atoms with van der Waals surface area (Å²) in [4.78, 5) is 14.4. The molecule has 1 aromatic heterocycles. The van der Waals surface area contributed by atoms with E-state index in [0.717, 1.165) is 10.0 Å². The predicted octanol–water partition coefficient (Wildman–Crippen LogP) is 2.39. The molecule has 0 spiro atoms. The molecule has 0 fully saturated rings. The number of carbonyl (C=O) groups is 1. The number of halogens is 1. The summed E-state index contributed by atoms with van der Waals surface area (Å²) in [5, 5.41) is 8.72. The fraction of sp³-hybridized carbons (Fsp3) is 0.0909. The van der Waals surface area contributed by atoms with Crippen LogP contribution in [-0.4, -0.2) is 20.6 Å². The van der Waals surface area contributed by atoms with Gasteiger partial charge in [0.15, 0.2) is 5.69 Å². The highest BCUT2D eigenvalue weighted by Crippen LogP contribution is 2.11. The predicted molar refractivity (Wildman–Crippen MR) is 62.4 cm³/mol. The van der Waals surface area contributed by atoms with Crippen LogP contribution in [0.1, 0.15) is 16.1 Å².